The Bertz CT molecular complexity index is 490. The van der Waals surface area contributed by atoms with Crippen LogP contribution in [-0.2, 0) is 17.1 Å². The van der Waals surface area contributed by atoms with Crippen molar-refractivity contribution in [3.8, 4) is 5.75 Å². The number of rotatable bonds is 3. The lowest BCUT2D eigenvalue weighted by atomic mass is 10.1. The molecule has 1 aromatic rings. The van der Waals surface area contributed by atoms with Gasteiger partial charge in [-0.2, -0.15) is 26.3 Å². The highest BCUT2D eigenvalue weighted by molar-refractivity contribution is 5.72. The summed E-state index contributed by atoms with van der Waals surface area (Å²) in [6.45, 7) is 1.58. The van der Waals surface area contributed by atoms with Gasteiger partial charge in [0.1, 0.15) is 5.75 Å². The third-order valence-electron chi connectivity index (χ3n) is 2.29. The van der Waals surface area contributed by atoms with E-state index in [4.69, 9.17) is 0 Å². The van der Waals surface area contributed by atoms with Gasteiger partial charge in [0, 0.05) is 6.42 Å². The molecule has 0 saturated carbocycles. The monoisotopic (exact) mass is 300 g/mol. The Morgan fingerprint density at radius 1 is 1.10 bits per heavy atom. The molecule has 0 unspecified atom stereocenters. The van der Waals surface area contributed by atoms with Crippen LogP contribution in [0.5, 0.6) is 5.75 Å². The molecular formula is C12H10F6O2. The smallest absolute Gasteiger partial charge is 0.419 e. The van der Waals surface area contributed by atoms with E-state index in [-0.39, 0.29) is 18.6 Å². The molecule has 0 radical (unpaired) electrons. The van der Waals surface area contributed by atoms with Gasteiger partial charge in [-0.1, -0.05) is 6.92 Å². The van der Waals surface area contributed by atoms with E-state index in [1.165, 1.54) is 0 Å². The van der Waals surface area contributed by atoms with Crippen LogP contribution in [0.4, 0.5) is 26.3 Å². The Kier molecular flexibility index (Phi) is 4.67. The summed E-state index contributed by atoms with van der Waals surface area (Å²) in [5.74, 6) is -2.15. The van der Waals surface area contributed by atoms with Crippen molar-refractivity contribution in [2.75, 3.05) is 0 Å². The molecule has 0 N–H and O–H groups in total. The van der Waals surface area contributed by atoms with Gasteiger partial charge in [0.2, 0.25) is 0 Å². The van der Waals surface area contributed by atoms with Crippen molar-refractivity contribution in [2.45, 2.75) is 32.1 Å². The van der Waals surface area contributed by atoms with E-state index >= 15 is 0 Å². The zero-order valence-electron chi connectivity index (χ0n) is 10.2. The summed E-state index contributed by atoms with van der Waals surface area (Å²) in [7, 11) is 0. The van der Waals surface area contributed by atoms with Gasteiger partial charge >= 0.3 is 18.3 Å². The van der Waals surface area contributed by atoms with Crippen molar-refractivity contribution in [1.29, 1.82) is 0 Å². The molecule has 0 atom stereocenters. The van der Waals surface area contributed by atoms with Gasteiger partial charge in [-0.05, 0) is 24.6 Å². The van der Waals surface area contributed by atoms with E-state index in [1.807, 2.05) is 0 Å². The topological polar surface area (TPSA) is 26.3 Å². The second-order valence-electron chi connectivity index (χ2n) is 3.93. The van der Waals surface area contributed by atoms with E-state index in [0.717, 1.165) is 0 Å². The van der Waals surface area contributed by atoms with Gasteiger partial charge in [-0.15, -0.1) is 0 Å². The molecule has 0 heterocycles. The van der Waals surface area contributed by atoms with E-state index in [2.05, 4.69) is 4.74 Å². The molecule has 8 heteroatoms. The molecule has 0 aliphatic heterocycles. The SMILES string of the molecule is CCCC(=O)Oc1cc(C(F)(F)F)ccc1C(F)(F)F. The summed E-state index contributed by atoms with van der Waals surface area (Å²) < 4.78 is 79.7. The molecule has 0 aliphatic rings. The van der Waals surface area contributed by atoms with Crippen molar-refractivity contribution in [3.05, 3.63) is 29.3 Å². The fourth-order valence-corrected chi connectivity index (χ4v) is 1.40. The lowest BCUT2D eigenvalue weighted by Gasteiger charge is -2.15. The van der Waals surface area contributed by atoms with Crippen molar-refractivity contribution >= 4 is 5.97 Å². The summed E-state index contributed by atoms with van der Waals surface area (Å²) in [5.41, 5.74) is -2.74. The zero-order chi connectivity index (χ0) is 15.6. The first-order valence-corrected chi connectivity index (χ1v) is 5.54. The molecule has 0 fully saturated rings. The van der Waals surface area contributed by atoms with Crippen molar-refractivity contribution < 1.29 is 35.9 Å². The average Bonchev–Trinajstić information content (AvgIpc) is 2.26. The molecule has 0 aromatic heterocycles. The second-order valence-corrected chi connectivity index (χ2v) is 3.93. The van der Waals surface area contributed by atoms with Crippen LogP contribution in [0, 0.1) is 0 Å². The molecule has 1 aromatic carbocycles. The van der Waals surface area contributed by atoms with Crippen LogP contribution < -0.4 is 4.74 Å². The number of halogens is 6. The fourth-order valence-electron chi connectivity index (χ4n) is 1.40. The third-order valence-corrected chi connectivity index (χ3v) is 2.29. The number of carbonyl (C=O) groups is 1. The first-order valence-electron chi connectivity index (χ1n) is 5.54. The first kappa shape index (κ1) is 16.3. The lowest BCUT2D eigenvalue weighted by molar-refractivity contribution is -0.145. The van der Waals surface area contributed by atoms with Crippen molar-refractivity contribution in [3.63, 3.8) is 0 Å². The van der Waals surface area contributed by atoms with Crippen molar-refractivity contribution in [1.82, 2.24) is 0 Å². The number of alkyl halides is 6. The molecule has 0 spiro atoms. The highest BCUT2D eigenvalue weighted by Gasteiger charge is 2.38. The number of benzene rings is 1. The van der Waals surface area contributed by atoms with Crippen LogP contribution in [0.15, 0.2) is 18.2 Å². The van der Waals surface area contributed by atoms with E-state index in [0.29, 0.717) is 12.5 Å². The van der Waals surface area contributed by atoms with Crippen LogP contribution in [0.3, 0.4) is 0 Å². The maximum atomic E-state index is 12.6. The van der Waals surface area contributed by atoms with E-state index < -0.39 is 35.2 Å². The van der Waals surface area contributed by atoms with Crippen molar-refractivity contribution in [2.24, 2.45) is 0 Å². The molecule has 2 nitrogen and oxygen atoms in total. The Morgan fingerprint density at radius 3 is 2.15 bits per heavy atom. The van der Waals surface area contributed by atoms with Gasteiger partial charge in [0.15, 0.2) is 0 Å². The third kappa shape index (κ3) is 4.14. The number of ether oxygens (including phenoxy) is 1. The number of esters is 1. The van der Waals surface area contributed by atoms with Gasteiger partial charge in [0.05, 0.1) is 11.1 Å². The highest BCUT2D eigenvalue weighted by atomic mass is 19.4. The summed E-state index contributed by atoms with van der Waals surface area (Å²) >= 11 is 0. The summed E-state index contributed by atoms with van der Waals surface area (Å²) in [4.78, 5) is 11.2. The highest BCUT2D eigenvalue weighted by Crippen LogP contribution is 2.40. The van der Waals surface area contributed by atoms with Gasteiger partial charge in [-0.3, -0.25) is 4.79 Å². The predicted molar refractivity (Wildman–Crippen MR) is 57.0 cm³/mol. The molecule has 0 amide bonds. The van der Waals surface area contributed by atoms with Gasteiger partial charge in [-0.25, -0.2) is 0 Å². The average molecular weight is 300 g/mol. The standard InChI is InChI=1S/C12H10F6O2/c1-2-3-10(19)20-9-6-7(11(13,14)15)4-5-8(9)12(16,17)18/h4-6H,2-3H2,1H3. The van der Waals surface area contributed by atoms with Crippen LogP contribution in [0.25, 0.3) is 0 Å². The molecule has 1 rings (SSSR count). The molecule has 0 aliphatic carbocycles. The van der Waals surface area contributed by atoms with Crippen LogP contribution in [0.2, 0.25) is 0 Å². The number of hydrogen-bond acceptors (Lipinski definition) is 2. The lowest BCUT2D eigenvalue weighted by Crippen LogP contribution is -2.15. The normalized spacial score (nSPS) is 12.3. The molecule has 0 bridgehead atoms. The Labute approximate surface area is 110 Å². The minimum absolute atomic E-state index is 0.177. The molecule has 20 heavy (non-hydrogen) atoms. The Hall–Kier alpha value is -1.73. The second kappa shape index (κ2) is 5.72. The molecular weight excluding hydrogens is 290 g/mol. The van der Waals surface area contributed by atoms with Crippen LogP contribution >= 0.6 is 0 Å². The van der Waals surface area contributed by atoms with Crippen LogP contribution in [-0.4, -0.2) is 5.97 Å². The molecule has 0 saturated heterocycles. The zero-order valence-corrected chi connectivity index (χ0v) is 10.2. The van der Waals surface area contributed by atoms with Crippen LogP contribution in [0.1, 0.15) is 30.9 Å². The quantitative estimate of drug-likeness (QED) is 0.469. The Balaban J connectivity index is 3.24. The van der Waals surface area contributed by atoms with E-state index in [9.17, 15) is 31.1 Å². The maximum absolute atomic E-state index is 12.6. The minimum atomic E-state index is -4.91. The summed E-state index contributed by atoms with van der Waals surface area (Å²) in [5, 5.41) is 0. The molecule has 112 valence electrons. The fraction of sp³-hybridized carbons (Fsp3) is 0.417. The predicted octanol–water partition coefficient (Wildman–Crippen LogP) is 4.43. The summed E-state index contributed by atoms with van der Waals surface area (Å²) in [6.07, 6.45) is -9.62. The maximum Gasteiger partial charge on any atom is 0.419 e. The first-order chi connectivity index (χ1) is 9.05. The van der Waals surface area contributed by atoms with Gasteiger partial charge < -0.3 is 4.74 Å². The number of hydrogen-bond donors (Lipinski definition) is 0. The Morgan fingerprint density at radius 2 is 1.70 bits per heavy atom. The minimum Gasteiger partial charge on any atom is -0.426 e. The summed E-state index contributed by atoms with van der Waals surface area (Å²) in [6, 6.07) is 0.716. The van der Waals surface area contributed by atoms with Gasteiger partial charge in [0.25, 0.3) is 0 Å². The largest absolute Gasteiger partial charge is 0.426 e. The number of carbonyl (C=O) groups excluding carboxylic acids is 1. The van der Waals surface area contributed by atoms with E-state index in [1.54, 1.807) is 6.92 Å².